The molecule has 0 aliphatic heterocycles. The van der Waals surface area contributed by atoms with Crippen LogP contribution in [0.3, 0.4) is 0 Å². The number of nitrogens with zero attached hydrogens (tertiary/aromatic N) is 4. The standard InChI is InChI=1S/C23H24N4O2/c1-16-12-22(29-15-21-14-26(3)25-24-21)13-23(28)27(16)17(2)20-10-8-19(9-11-20)7-6-18-4-5-18/h8-14,17-18H,4-5,15H2,1-3H3/t17-/m1/s1. The lowest BCUT2D eigenvalue weighted by Crippen LogP contribution is -2.25. The van der Waals surface area contributed by atoms with Crippen LogP contribution in [0.15, 0.2) is 47.4 Å². The van der Waals surface area contributed by atoms with Crippen molar-refractivity contribution in [2.75, 3.05) is 0 Å². The first-order valence-corrected chi connectivity index (χ1v) is 9.82. The third kappa shape index (κ3) is 4.57. The smallest absolute Gasteiger partial charge is 0.254 e. The molecule has 1 saturated carbocycles. The Morgan fingerprint density at radius 1 is 1.24 bits per heavy atom. The van der Waals surface area contributed by atoms with Crippen LogP contribution in [0.25, 0.3) is 0 Å². The third-order valence-corrected chi connectivity index (χ3v) is 5.05. The molecule has 6 heteroatoms. The zero-order chi connectivity index (χ0) is 20.4. The average Bonchev–Trinajstić information content (AvgIpc) is 3.44. The van der Waals surface area contributed by atoms with Crippen molar-refractivity contribution in [3.8, 4) is 17.6 Å². The summed E-state index contributed by atoms with van der Waals surface area (Å²) in [5.41, 5.74) is 3.55. The number of hydrogen-bond donors (Lipinski definition) is 0. The number of hydrogen-bond acceptors (Lipinski definition) is 4. The van der Waals surface area contributed by atoms with Gasteiger partial charge in [0.1, 0.15) is 18.1 Å². The van der Waals surface area contributed by atoms with E-state index in [1.807, 2.05) is 44.2 Å². The maximum atomic E-state index is 12.8. The molecule has 1 fully saturated rings. The minimum atomic E-state index is -0.0933. The van der Waals surface area contributed by atoms with Gasteiger partial charge in [-0.15, -0.1) is 5.10 Å². The van der Waals surface area contributed by atoms with Crippen LogP contribution in [-0.4, -0.2) is 19.6 Å². The molecule has 3 aromatic rings. The van der Waals surface area contributed by atoms with Gasteiger partial charge < -0.3 is 9.30 Å². The number of aryl methyl sites for hydroxylation is 2. The number of rotatable bonds is 5. The maximum absolute atomic E-state index is 12.8. The number of pyridine rings is 1. The zero-order valence-corrected chi connectivity index (χ0v) is 16.9. The summed E-state index contributed by atoms with van der Waals surface area (Å²) in [5, 5.41) is 7.87. The predicted octanol–water partition coefficient (Wildman–Crippen LogP) is 3.24. The van der Waals surface area contributed by atoms with E-state index in [9.17, 15) is 4.79 Å². The Morgan fingerprint density at radius 2 is 2.00 bits per heavy atom. The molecule has 0 spiro atoms. The summed E-state index contributed by atoms with van der Waals surface area (Å²) >= 11 is 0. The molecule has 29 heavy (non-hydrogen) atoms. The Morgan fingerprint density at radius 3 is 2.62 bits per heavy atom. The van der Waals surface area contributed by atoms with E-state index in [0.717, 1.165) is 16.8 Å². The lowest BCUT2D eigenvalue weighted by Gasteiger charge is -2.19. The van der Waals surface area contributed by atoms with Crippen molar-refractivity contribution >= 4 is 0 Å². The molecule has 0 unspecified atom stereocenters. The predicted molar refractivity (Wildman–Crippen MR) is 111 cm³/mol. The van der Waals surface area contributed by atoms with Crippen LogP contribution in [0, 0.1) is 24.7 Å². The van der Waals surface area contributed by atoms with Gasteiger partial charge in [-0.2, -0.15) is 0 Å². The molecule has 148 valence electrons. The zero-order valence-electron chi connectivity index (χ0n) is 16.9. The highest BCUT2D eigenvalue weighted by Gasteiger charge is 2.18. The van der Waals surface area contributed by atoms with Gasteiger partial charge in [0, 0.05) is 30.3 Å². The summed E-state index contributed by atoms with van der Waals surface area (Å²) in [4.78, 5) is 12.8. The van der Waals surface area contributed by atoms with Crippen LogP contribution in [0.4, 0.5) is 0 Å². The highest BCUT2D eigenvalue weighted by molar-refractivity contribution is 5.38. The molecule has 6 nitrogen and oxygen atoms in total. The van der Waals surface area contributed by atoms with Gasteiger partial charge in [-0.05, 0) is 50.5 Å². The van der Waals surface area contributed by atoms with Crippen LogP contribution >= 0.6 is 0 Å². The van der Waals surface area contributed by atoms with E-state index < -0.39 is 0 Å². The number of aromatic nitrogens is 4. The van der Waals surface area contributed by atoms with Gasteiger partial charge in [0.25, 0.3) is 5.56 Å². The molecule has 1 aromatic carbocycles. The van der Waals surface area contributed by atoms with Gasteiger partial charge in [-0.1, -0.05) is 29.2 Å². The monoisotopic (exact) mass is 388 g/mol. The Hall–Kier alpha value is -3.33. The summed E-state index contributed by atoms with van der Waals surface area (Å²) in [6.07, 6.45) is 4.24. The van der Waals surface area contributed by atoms with Crippen molar-refractivity contribution < 1.29 is 4.74 Å². The first kappa shape index (κ1) is 19.0. The molecule has 1 aliphatic rings. The second kappa shape index (κ2) is 7.96. The fourth-order valence-electron chi connectivity index (χ4n) is 3.29. The molecular formula is C23H24N4O2. The molecule has 0 radical (unpaired) electrons. The lowest BCUT2D eigenvalue weighted by molar-refractivity contribution is 0.299. The van der Waals surface area contributed by atoms with E-state index >= 15 is 0 Å². The lowest BCUT2D eigenvalue weighted by atomic mass is 10.1. The molecular weight excluding hydrogens is 364 g/mol. The van der Waals surface area contributed by atoms with E-state index in [2.05, 4.69) is 22.2 Å². The summed E-state index contributed by atoms with van der Waals surface area (Å²) < 4.78 is 9.13. The summed E-state index contributed by atoms with van der Waals surface area (Å²) in [5.74, 6) is 7.62. The molecule has 0 amide bonds. The summed E-state index contributed by atoms with van der Waals surface area (Å²) in [7, 11) is 1.80. The van der Waals surface area contributed by atoms with E-state index in [4.69, 9.17) is 4.74 Å². The van der Waals surface area contributed by atoms with Crippen LogP contribution in [0.1, 0.15) is 48.3 Å². The molecule has 2 aromatic heterocycles. The first-order chi connectivity index (χ1) is 14.0. The van der Waals surface area contributed by atoms with Gasteiger partial charge in [0.05, 0.1) is 12.2 Å². The van der Waals surface area contributed by atoms with Crippen molar-refractivity contribution in [3.63, 3.8) is 0 Å². The highest BCUT2D eigenvalue weighted by Crippen LogP contribution is 2.27. The van der Waals surface area contributed by atoms with Gasteiger partial charge in [0.15, 0.2) is 0 Å². The van der Waals surface area contributed by atoms with Crippen molar-refractivity contribution in [1.29, 1.82) is 0 Å². The third-order valence-electron chi connectivity index (χ3n) is 5.05. The molecule has 1 aliphatic carbocycles. The van der Waals surface area contributed by atoms with Gasteiger partial charge in [-0.25, -0.2) is 0 Å². The molecule has 4 rings (SSSR count). The fourth-order valence-corrected chi connectivity index (χ4v) is 3.29. The number of ether oxygens (including phenoxy) is 1. The minimum absolute atomic E-state index is 0.0815. The van der Waals surface area contributed by atoms with Gasteiger partial charge in [-0.3, -0.25) is 9.48 Å². The van der Waals surface area contributed by atoms with Gasteiger partial charge in [0.2, 0.25) is 0 Å². The molecule has 1 atom stereocenters. The van der Waals surface area contributed by atoms with Crippen molar-refractivity contribution in [3.05, 3.63) is 75.5 Å². The van der Waals surface area contributed by atoms with E-state index in [1.165, 1.54) is 18.9 Å². The van der Waals surface area contributed by atoms with E-state index in [-0.39, 0.29) is 18.2 Å². The topological polar surface area (TPSA) is 61.9 Å². The molecule has 0 N–H and O–H groups in total. The minimum Gasteiger partial charge on any atom is -0.487 e. The average molecular weight is 388 g/mol. The van der Waals surface area contributed by atoms with Crippen molar-refractivity contribution in [2.24, 2.45) is 13.0 Å². The second-order valence-electron chi connectivity index (χ2n) is 7.55. The Labute approximate surface area is 170 Å². The second-order valence-corrected chi connectivity index (χ2v) is 7.55. The quantitative estimate of drug-likeness (QED) is 0.630. The van der Waals surface area contributed by atoms with Crippen LogP contribution < -0.4 is 10.3 Å². The van der Waals surface area contributed by atoms with Crippen molar-refractivity contribution in [1.82, 2.24) is 19.6 Å². The number of benzene rings is 1. The molecule has 0 bridgehead atoms. The van der Waals surface area contributed by atoms with Crippen LogP contribution in [0.5, 0.6) is 5.75 Å². The largest absolute Gasteiger partial charge is 0.487 e. The van der Waals surface area contributed by atoms with Gasteiger partial charge >= 0.3 is 0 Å². The fraction of sp³-hybridized carbons (Fsp3) is 0.348. The highest BCUT2D eigenvalue weighted by atomic mass is 16.5. The SMILES string of the molecule is Cc1cc(OCc2cn(C)nn2)cc(=O)n1[C@H](C)c1ccc(C#CC2CC2)cc1. The first-order valence-electron chi connectivity index (χ1n) is 9.82. The van der Waals surface area contributed by atoms with Crippen molar-refractivity contribution in [2.45, 2.75) is 39.3 Å². The van der Waals surface area contributed by atoms with E-state index in [0.29, 0.717) is 17.4 Å². The van der Waals surface area contributed by atoms with E-state index in [1.54, 1.807) is 22.5 Å². The molecule has 2 heterocycles. The molecule has 0 saturated heterocycles. The Kier molecular flexibility index (Phi) is 5.22. The Balaban J connectivity index is 1.50. The normalized spacial score (nSPS) is 14.2. The summed E-state index contributed by atoms with van der Waals surface area (Å²) in [6, 6.07) is 11.5. The maximum Gasteiger partial charge on any atom is 0.254 e. The van der Waals surface area contributed by atoms with Crippen LogP contribution in [-0.2, 0) is 13.7 Å². The Bertz CT molecular complexity index is 1130. The summed E-state index contributed by atoms with van der Waals surface area (Å²) in [6.45, 7) is 4.22. The van der Waals surface area contributed by atoms with Crippen LogP contribution in [0.2, 0.25) is 0 Å².